The summed E-state index contributed by atoms with van der Waals surface area (Å²) in [6, 6.07) is 9.43. The van der Waals surface area contributed by atoms with Crippen LogP contribution in [-0.4, -0.2) is 35.8 Å². The lowest BCUT2D eigenvalue weighted by molar-refractivity contribution is -0.123. The van der Waals surface area contributed by atoms with Gasteiger partial charge in [-0.05, 0) is 42.8 Å². The molecule has 1 aliphatic rings. The van der Waals surface area contributed by atoms with Crippen LogP contribution in [0.15, 0.2) is 36.4 Å². The summed E-state index contributed by atoms with van der Waals surface area (Å²) in [7, 11) is 3.12. The number of nitrogens with one attached hydrogen (secondary N) is 2. The van der Waals surface area contributed by atoms with Crippen LogP contribution in [0.4, 0.5) is 11.5 Å². The molecule has 0 spiro atoms. The topological polar surface area (TPSA) is 94.5 Å². The van der Waals surface area contributed by atoms with Gasteiger partial charge in [-0.3, -0.25) is 9.59 Å². The van der Waals surface area contributed by atoms with Crippen LogP contribution in [-0.2, 0) is 9.59 Å². The van der Waals surface area contributed by atoms with E-state index in [2.05, 4.69) is 15.7 Å². The quantitative estimate of drug-likeness (QED) is 0.539. The molecular weight excluding hydrogens is 455 g/mol. The molecule has 2 N–H and O–H groups in total. The highest BCUT2D eigenvalue weighted by atomic mass is 35.5. The molecule has 0 saturated heterocycles. The van der Waals surface area contributed by atoms with Crippen LogP contribution in [0.3, 0.4) is 0 Å². The fourth-order valence-corrected chi connectivity index (χ4v) is 4.03. The van der Waals surface area contributed by atoms with Crippen LogP contribution in [0.2, 0.25) is 10.0 Å². The molecule has 166 valence electrons. The Morgan fingerprint density at radius 1 is 1.16 bits per heavy atom. The summed E-state index contributed by atoms with van der Waals surface area (Å²) >= 11 is 12.1. The van der Waals surface area contributed by atoms with E-state index in [4.69, 9.17) is 32.7 Å². The third kappa shape index (κ3) is 3.99. The first kappa shape index (κ1) is 22.0. The van der Waals surface area contributed by atoms with Crippen molar-refractivity contribution in [3.63, 3.8) is 0 Å². The lowest BCUT2D eigenvalue weighted by atomic mass is 10.1. The van der Waals surface area contributed by atoms with Crippen LogP contribution < -0.4 is 20.1 Å². The molecule has 2 aromatic carbocycles. The van der Waals surface area contributed by atoms with Gasteiger partial charge >= 0.3 is 0 Å². The number of methoxy groups -OCH3 is 2. The third-order valence-electron chi connectivity index (χ3n) is 5.18. The van der Waals surface area contributed by atoms with Gasteiger partial charge in [0.2, 0.25) is 5.91 Å². The van der Waals surface area contributed by atoms with Crippen molar-refractivity contribution in [2.24, 2.45) is 0 Å². The molecular formula is C22H20Cl2N4O4. The molecule has 32 heavy (non-hydrogen) atoms. The lowest BCUT2D eigenvalue weighted by Crippen LogP contribution is -2.23. The van der Waals surface area contributed by atoms with Crippen LogP contribution in [0, 0.1) is 6.92 Å². The normalized spacial score (nSPS) is 14.7. The number of halogens is 2. The zero-order valence-corrected chi connectivity index (χ0v) is 19.0. The first-order valence-electron chi connectivity index (χ1n) is 9.69. The van der Waals surface area contributed by atoms with Gasteiger partial charge < -0.3 is 20.1 Å². The smallest absolute Gasteiger partial charge is 0.251 e. The molecule has 8 nitrogen and oxygen atoms in total. The Hall–Kier alpha value is -3.23. The summed E-state index contributed by atoms with van der Waals surface area (Å²) in [6.45, 7) is 1.84. The van der Waals surface area contributed by atoms with Crippen LogP contribution in [0.1, 0.15) is 18.2 Å². The molecule has 2 heterocycles. The number of rotatable bonds is 6. The molecule has 4 rings (SSSR count). The van der Waals surface area contributed by atoms with E-state index in [9.17, 15) is 9.59 Å². The van der Waals surface area contributed by atoms with Gasteiger partial charge in [-0.25, -0.2) is 4.68 Å². The first-order valence-corrected chi connectivity index (χ1v) is 10.4. The average molecular weight is 475 g/mol. The highest BCUT2D eigenvalue weighted by molar-refractivity contribution is 6.35. The van der Waals surface area contributed by atoms with E-state index in [1.807, 2.05) is 19.1 Å². The fourth-order valence-electron chi connectivity index (χ4n) is 3.69. The second kappa shape index (κ2) is 8.72. The zero-order valence-electron chi connectivity index (χ0n) is 17.5. The van der Waals surface area contributed by atoms with E-state index in [1.165, 1.54) is 0 Å². The van der Waals surface area contributed by atoms with Gasteiger partial charge in [0.15, 0.2) is 11.5 Å². The van der Waals surface area contributed by atoms with E-state index in [0.29, 0.717) is 38.7 Å². The minimum absolute atomic E-state index is 0.117. The highest BCUT2D eigenvalue weighted by Crippen LogP contribution is 2.41. The number of fused-ring (bicyclic) bond motifs is 1. The number of hydrogen-bond donors (Lipinski definition) is 2. The molecule has 1 aromatic heterocycles. The Labute approximate surface area is 194 Å². The SMILES string of the molecule is COc1ccc(-c2c(C)nn3c2NC(=O)C3CC(=O)Nc2cc(Cl)ccc2Cl)cc1OC. The summed E-state index contributed by atoms with van der Waals surface area (Å²) in [5, 5.41) is 10.9. The largest absolute Gasteiger partial charge is 0.493 e. The van der Waals surface area contributed by atoms with Crippen LogP contribution >= 0.6 is 23.2 Å². The van der Waals surface area contributed by atoms with Crippen molar-refractivity contribution in [3.05, 3.63) is 52.1 Å². The molecule has 0 fully saturated rings. The predicted molar refractivity (Wildman–Crippen MR) is 123 cm³/mol. The molecule has 2 amide bonds. The second-order valence-corrected chi connectivity index (χ2v) is 8.05. The monoisotopic (exact) mass is 474 g/mol. The van der Waals surface area contributed by atoms with Gasteiger partial charge in [0.05, 0.1) is 37.0 Å². The average Bonchev–Trinajstić information content (AvgIpc) is 3.23. The number of carbonyl (C=O) groups excluding carboxylic acids is 2. The van der Waals surface area contributed by atoms with Gasteiger partial charge in [0.25, 0.3) is 5.91 Å². The van der Waals surface area contributed by atoms with Gasteiger partial charge in [-0.1, -0.05) is 29.3 Å². The van der Waals surface area contributed by atoms with Crippen molar-refractivity contribution < 1.29 is 19.1 Å². The summed E-state index contributed by atoms with van der Waals surface area (Å²) in [6.07, 6.45) is -0.117. The number of carbonyl (C=O) groups is 2. The number of ether oxygens (including phenoxy) is 2. The molecule has 1 atom stereocenters. The van der Waals surface area contributed by atoms with Crippen LogP contribution in [0.25, 0.3) is 11.1 Å². The van der Waals surface area contributed by atoms with Crippen molar-refractivity contribution in [1.29, 1.82) is 0 Å². The number of amides is 2. The molecule has 1 aliphatic heterocycles. The molecule has 3 aromatic rings. The number of anilines is 2. The van der Waals surface area contributed by atoms with Crippen molar-refractivity contribution in [1.82, 2.24) is 9.78 Å². The number of benzene rings is 2. The molecule has 1 unspecified atom stereocenters. The molecule has 0 aliphatic carbocycles. The van der Waals surface area contributed by atoms with E-state index in [-0.39, 0.29) is 18.2 Å². The van der Waals surface area contributed by atoms with Crippen molar-refractivity contribution in [2.45, 2.75) is 19.4 Å². The summed E-state index contributed by atoms with van der Waals surface area (Å²) in [5.74, 6) is 0.974. The first-order chi connectivity index (χ1) is 15.3. The Bertz CT molecular complexity index is 1220. The second-order valence-electron chi connectivity index (χ2n) is 7.20. The number of aryl methyl sites for hydroxylation is 1. The number of aromatic nitrogens is 2. The summed E-state index contributed by atoms with van der Waals surface area (Å²) < 4.78 is 12.2. The van der Waals surface area contributed by atoms with E-state index in [0.717, 1.165) is 11.1 Å². The van der Waals surface area contributed by atoms with Gasteiger partial charge in [-0.2, -0.15) is 5.10 Å². The minimum Gasteiger partial charge on any atom is -0.493 e. The Morgan fingerprint density at radius 2 is 1.91 bits per heavy atom. The van der Waals surface area contributed by atoms with Gasteiger partial charge in [-0.15, -0.1) is 0 Å². The fraction of sp³-hybridized carbons (Fsp3) is 0.227. The van der Waals surface area contributed by atoms with E-state index >= 15 is 0 Å². The maximum atomic E-state index is 12.7. The van der Waals surface area contributed by atoms with E-state index in [1.54, 1.807) is 43.2 Å². The Morgan fingerprint density at radius 3 is 2.62 bits per heavy atom. The molecule has 0 saturated carbocycles. The zero-order chi connectivity index (χ0) is 23.0. The number of nitrogens with zero attached hydrogens (tertiary/aromatic N) is 2. The Balaban J connectivity index is 1.61. The third-order valence-corrected chi connectivity index (χ3v) is 5.74. The van der Waals surface area contributed by atoms with E-state index < -0.39 is 6.04 Å². The molecule has 0 radical (unpaired) electrons. The number of hydrogen-bond acceptors (Lipinski definition) is 5. The summed E-state index contributed by atoms with van der Waals surface area (Å²) in [5.41, 5.74) is 2.64. The Kier molecular flexibility index (Phi) is 5.99. The lowest BCUT2D eigenvalue weighted by Gasteiger charge is -2.11. The maximum Gasteiger partial charge on any atom is 0.251 e. The van der Waals surface area contributed by atoms with Crippen molar-refractivity contribution >= 4 is 46.5 Å². The van der Waals surface area contributed by atoms with Crippen molar-refractivity contribution in [3.8, 4) is 22.6 Å². The highest BCUT2D eigenvalue weighted by Gasteiger charge is 2.36. The van der Waals surface area contributed by atoms with Gasteiger partial charge in [0, 0.05) is 10.6 Å². The minimum atomic E-state index is -0.796. The van der Waals surface area contributed by atoms with Crippen molar-refractivity contribution in [2.75, 3.05) is 24.9 Å². The molecule has 0 bridgehead atoms. The summed E-state index contributed by atoms with van der Waals surface area (Å²) in [4.78, 5) is 25.3. The maximum absolute atomic E-state index is 12.7. The van der Waals surface area contributed by atoms with Crippen LogP contribution in [0.5, 0.6) is 11.5 Å². The molecule has 10 heteroatoms. The predicted octanol–water partition coefficient (Wildman–Crippen LogP) is 4.70. The van der Waals surface area contributed by atoms with Gasteiger partial charge in [0.1, 0.15) is 11.9 Å². The standard InChI is InChI=1S/C22H20Cl2N4O4/c1-11-20(12-4-7-17(31-2)18(8-12)32-3)21-26-22(30)16(28(21)27-11)10-19(29)25-15-9-13(23)5-6-14(15)24/h4-9,16H,10H2,1-3H3,(H,25,29)(H,26,30).